The van der Waals surface area contributed by atoms with Gasteiger partial charge in [-0.3, -0.25) is 4.79 Å². The molecule has 6 nitrogen and oxygen atoms in total. The molecule has 3 aromatic carbocycles. The molecule has 30 heavy (non-hydrogen) atoms. The first-order valence-corrected chi connectivity index (χ1v) is 9.60. The van der Waals surface area contributed by atoms with Gasteiger partial charge in [0.1, 0.15) is 17.1 Å². The number of carbonyl (C=O) groups excluding carboxylic acids is 2. The third-order valence-corrected chi connectivity index (χ3v) is 4.69. The van der Waals surface area contributed by atoms with Crippen LogP contribution in [0.1, 0.15) is 33.8 Å². The molecular formula is C24H23NO5. The maximum Gasteiger partial charge on any atom is 0.342 e. The number of carbonyl (C=O) groups is 2. The van der Waals surface area contributed by atoms with Crippen molar-refractivity contribution in [1.29, 1.82) is 0 Å². The van der Waals surface area contributed by atoms with Gasteiger partial charge in [0.25, 0.3) is 5.91 Å². The van der Waals surface area contributed by atoms with Gasteiger partial charge in [-0.25, -0.2) is 4.79 Å². The van der Waals surface area contributed by atoms with Crippen molar-refractivity contribution in [1.82, 2.24) is 5.32 Å². The quantitative estimate of drug-likeness (QED) is 0.498. The van der Waals surface area contributed by atoms with Crippen LogP contribution in [0.5, 0.6) is 11.5 Å². The van der Waals surface area contributed by atoms with E-state index in [2.05, 4.69) is 29.6 Å². The molecule has 0 atom stereocenters. The summed E-state index contributed by atoms with van der Waals surface area (Å²) in [6.07, 6.45) is 0.687. The van der Waals surface area contributed by atoms with Crippen LogP contribution in [0.25, 0.3) is 0 Å². The molecule has 0 unspecified atom stereocenters. The Kier molecular flexibility index (Phi) is 7.05. The first-order chi connectivity index (χ1) is 14.5. The second kappa shape index (κ2) is 10.1. The number of nitrogens with one attached hydrogen (secondary N) is 1. The summed E-state index contributed by atoms with van der Waals surface area (Å²) in [5, 5.41) is 21.7. The number of benzene rings is 3. The zero-order valence-corrected chi connectivity index (χ0v) is 16.3. The fraction of sp³-hybridized carbons (Fsp3) is 0.167. The van der Waals surface area contributed by atoms with E-state index < -0.39 is 24.2 Å². The molecule has 0 aliphatic rings. The molecule has 0 aliphatic heterocycles. The van der Waals surface area contributed by atoms with Crippen molar-refractivity contribution in [3.8, 4) is 11.5 Å². The van der Waals surface area contributed by atoms with Crippen molar-refractivity contribution < 1.29 is 24.5 Å². The zero-order chi connectivity index (χ0) is 21.3. The minimum Gasteiger partial charge on any atom is -0.508 e. The Morgan fingerprint density at radius 3 is 2.03 bits per heavy atom. The minimum atomic E-state index is -0.839. The molecule has 0 saturated carbocycles. The summed E-state index contributed by atoms with van der Waals surface area (Å²) in [5.74, 6) is -1.72. The number of aromatic hydroxyl groups is 2. The molecule has 6 heteroatoms. The summed E-state index contributed by atoms with van der Waals surface area (Å²) in [6.45, 7) is -0.0458. The van der Waals surface area contributed by atoms with Crippen LogP contribution >= 0.6 is 0 Å². The number of esters is 1. The number of ether oxygens (including phenoxy) is 1. The van der Waals surface area contributed by atoms with Gasteiger partial charge in [0.05, 0.1) is 0 Å². The highest BCUT2D eigenvalue weighted by Crippen LogP contribution is 2.27. The summed E-state index contributed by atoms with van der Waals surface area (Å²) in [4.78, 5) is 24.1. The minimum absolute atomic E-state index is 0.117. The fourth-order valence-corrected chi connectivity index (χ4v) is 3.20. The number of rotatable bonds is 8. The predicted octanol–water partition coefficient (Wildman–Crippen LogP) is 3.59. The maximum atomic E-state index is 12.1. The van der Waals surface area contributed by atoms with E-state index in [4.69, 9.17) is 4.74 Å². The van der Waals surface area contributed by atoms with Gasteiger partial charge in [-0.15, -0.1) is 0 Å². The lowest BCUT2D eigenvalue weighted by molar-refractivity contribution is -0.124. The maximum absolute atomic E-state index is 12.1. The molecule has 154 valence electrons. The molecule has 0 spiro atoms. The number of hydrogen-bond acceptors (Lipinski definition) is 5. The van der Waals surface area contributed by atoms with Crippen molar-refractivity contribution in [2.24, 2.45) is 0 Å². The van der Waals surface area contributed by atoms with Crippen LogP contribution in [-0.2, 0) is 9.53 Å². The van der Waals surface area contributed by atoms with E-state index in [1.165, 1.54) is 12.1 Å². The molecule has 0 heterocycles. The van der Waals surface area contributed by atoms with E-state index in [0.717, 1.165) is 17.2 Å². The molecular weight excluding hydrogens is 382 g/mol. The van der Waals surface area contributed by atoms with E-state index in [9.17, 15) is 19.8 Å². The van der Waals surface area contributed by atoms with Gasteiger partial charge < -0.3 is 20.3 Å². The lowest BCUT2D eigenvalue weighted by Gasteiger charge is -2.18. The molecule has 0 radical (unpaired) electrons. The Morgan fingerprint density at radius 2 is 1.47 bits per heavy atom. The van der Waals surface area contributed by atoms with Crippen molar-refractivity contribution in [2.45, 2.75) is 12.3 Å². The highest BCUT2D eigenvalue weighted by molar-refractivity contribution is 5.94. The van der Waals surface area contributed by atoms with Crippen LogP contribution in [0.15, 0.2) is 78.9 Å². The lowest BCUT2D eigenvalue weighted by Crippen LogP contribution is -2.30. The number of phenolic OH excluding ortho intramolecular Hbond substituents is 2. The second-order valence-corrected chi connectivity index (χ2v) is 6.79. The first kappa shape index (κ1) is 20.9. The standard InChI is InChI=1S/C24H23NO5/c26-19-11-12-21(22(27)15-19)24(29)30-16-23(28)25-14-13-20(17-7-3-1-4-8-17)18-9-5-2-6-10-18/h1-12,15,20,26-27H,13-14,16H2,(H,25,28). The summed E-state index contributed by atoms with van der Waals surface area (Å²) in [7, 11) is 0. The molecule has 3 N–H and O–H groups in total. The summed E-state index contributed by atoms with van der Waals surface area (Å²) in [5.41, 5.74) is 2.20. The Hall–Kier alpha value is -3.80. The molecule has 0 saturated heterocycles. The van der Waals surface area contributed by atoms with E-state index >= 15 is 0 Å². The predicted molar refractivity (Wildman–Crippen MR) is 112 cm³/mol. The Labute approximate surface area is 174 Å². The van der Waals surface area contributed by atoms with Gasteiger partial charge in [-0.2, -0.15) is 0 Å². The molecule has 1 amide bonds. The van der Waals surface area contributed by atoms with Gasteiger partial charge in [-0.05, 0) is 29.7 Å². The zero-order valence-electron chi connectivity index (χ0n) is 16.3. The summed E-state index contributed by atoms with van der Waals surface area (Å²) >= 11 is 0. The van der Waals surface area contributed by atoms with Gasteiger partial charge in [0.2, 0.25) is 0 Å². The molecule has 3 rings (SSSR count). The average molecular weight is 405 g/mol. The Bertz CT molecular complexity index is 949. The van der Waals surface area contributed by atoms with Crippen molar-refractivity contribution in [2.75, 3.05) is 13.2 Å². The fourth-order valence-electron chi connectivity index (χ4n) is 3.20. The third-order valence-electron chi connectivity index (χ3n) is 4.69. The lowest BCUT2D eigenvalue weighted by atomic mass is 9.88. The number of phenols is 2. The average Bonchev–Trinajstić information content (AvgIpc) is 2.76. The smallest absolute Gasteiger partial charge is 0.342 e. The first-order valence-electron chi connectivity index (χ1n) is 9.60. The third kappa shape index (κ3) is 5.61. The SMILES string of the molecule is O=C(COC(=O)c1ccc(O)cc1O)NCCC(c1ccccc1)c1ccccc1. The van der Waals surface area contributed by atoms with Crippen molar-refractivity contribution in [3.63, 3.8) is 0 Å². The highest BCUT2D eigenvalue weighted by atomic mass is 16.5. The largest absolute Gasteiger partial charge is 0.508 e. The molecule has 3 aromatic rings. The van der Waals surface area contributed by atoms with Crippen LogP contribution in [0.4, 0.5) is 0 Å². The normalized spacial score (nSPS) is 10.6. The summed E-state index contributed by atoms with van der Waals surface area (Å²) < 4.78 is 4.94. The van der Waals surface area contributed by atoms with Crippen LogP contribution in [0.3, 0.4) is 0 Å². The van der Waals surface area contributed by atoms with Gasteiger partial charge in [0, 0.05) is 18.5 Å². The Balaban J connectivity index is 1.52. The van der Waals surface area contributed by atoms with E-state index in [-0.39, 0.29) is 17.2 Å². The van der Waals surface area contributed by atoms with Crippen LogP contribution < -0.4 is 5.32 Å². The second-order valence-electron chi connectivity index (χ2n) is 6.79. The van der Waals surface area contributed by atoms with E-state index in [1.54, 1.807) is 0 Å². The number of hydrogen-bond donors (Lipinski definition) is 3. The Morgan fingerprint density at radius 1 is 0.867 bits per heavy atom. The van der Waals surface area contributed by atoms with Crippen molar-refractivity contribution >= 4 is 11.9 Å². The molecule has 0 aliphatic carbocycles. The van der Waals surface area contributed by atoms with Gasteiger partial charge >= 0.3 is 5.97 Å². The summed E-state index contributed by atoms with van der Waals surface area (Å²) in [6, 6.07) is 23.6. The van der Waals surface area contributed by atoms with Crippen LogP contribution in [0.2, 0.25) is 0 Å². The molecule has 0 aromatic heterocycles. The van der Waals surface area contributed by atoms with E-state index in [1.807, 2.05) is 36.4 Å². The topological polar surface area (TPSA) is 95.9 Å². The monoisotopic (exact) mass is 405 g/mol. The van der Waals surface area contributed by atoms with Crippen LogP contribution in [-0.4, -0.2) is 35.2 Å². The van der Waals surface area contributed by atoms with Gasteiger partial charge in [-0.1, -0.05) is 60.7 Å². The van der Waals surface area contributed by atoms with Crippen LogP contribution in [0, 0.1) is 0 Å². The van der Waals surface area contributed by atoms with Crippen molar-refractivity contribution in [3.05, 3.63) is 95.6 Å². The van der Waals surface area contributed by atoms with E-state index in [0.29, 0.717) is 13.0 Å². The highest BCUT2D eigenvalue weighted by Gasteiger charge is 2.16. The van der Waals surface area contributed by atoms with Gasteiger partial charge in [0.15, 0.2) is 6.61 Å². The number of amides is 1. The molecule has 0 bridgehead atoms. The molecule has 0 fully saturated rings.